The maximum atomic E-state index is 13.5. The Labute approximate surface area is 176 Å². The van der Waals surface area contributed by atoms with Gasteiger partial charge in [-0.2, -0.15) is 4.31 Å². The zero-order valence-corrected chi connectivity index (χ0v) is 18.1. The number of hydrogen-bond acceptors (Lipinski definition) is 5. The van der Waals surface area contributed by atoms with E-state index in [1.807, 2.05) is 25.1 Å². The van der Waals surface area contributed by atoms with Crippen molar-refractivity contribution in [2.45, 2.75) is 38.8 Å². The van der Waals surface area contributed by atoms with Crippen molar-refractivity contribution in [2.75, 3.05) is 6.61 Å². The Hall–Kier alpha value is -2.35. The Kier molecular flexibility index (Phi) is 6.62. The first-order valence-electron chi connectivity index (χ1n) is 9.21. The van der Waals surface area contributed by atoms with Gasteiger partial charge in [0.25, 0.3) is 0 Å². The van der Waals surface area contributed by atoms with Gasteiger partial charge in [-0.1, -0.05) is 35.0 Å². The molecule has 0 saturated heterocycles. The quantitative estimate of drug-likeness (QED) is 0.512. The summed E-state index contributed by atoms with van der Waals surface area (Å²) in [5.41, 5.74) is 2.12. The van der Waals surface area contributed by atoms with Crippen LogP contribution in [0.25, 0.3) is 0 Å². The first-order valence-corrected chi connectivity index (χ1v) is 11.0. The number of aryl methyl sites for hydroxylation is 2. The molecule has 0 bridgehead atoms. The normalized spacial score (nSPS) is 11.8. The predicted octanol–water partition coefficient (Wildman–Crippen LogP) is 4.73. The molecule has 0 spiro atoms. The summed E-state index contributed by atoms with van der Waals surface area (Å²) in [5.74, 6) is 1.21. The van der Waals surface area contributed by atoms with Gasteiger partial charge in [-0.15, -0.1) is 0 Å². The number of halogens is 1. The molecule has 8 heteroatoms. The van der Waals surface area contributed by atoms with Gasteiger partial charge >= 0.3 is 0 Å². The van der Waals surface area contributed by atoms with Gasteiger partial charge in [0.1, 0.15) is 11.5 Å². The van der Waals surface area contributed by atoms with Crippen LogP contribution in [0, 0.1) is 13.8 Å². The maximum absolute atomic E-state index is 13.5. The molecule has 0 fully saturated rings. The zero-order chi connectivity index (χ0) is 21.0. The summed E-state index contributed by atoms with van der Waals surface area (Å²) in [6, 6.07) is 13.6. The number of aromatic nitrogens is 1. The van der Waals surface area contributed by atoms with Crippen molar-refractivity contribution in [2.24, 2.45) is 0 Å². The predicted molar refractivity (Wildman–Crippen MR) is 111 cm³/mol. The molecule has 0 aliphatic heterocycles. The van der Waals surface area contributed by atoms with E-state index in [1.54, 1.807) is 44.2 Å². The molecule has 0 atom stereocenters. The molecular formula is C21H23ClN2O4S. The third-order valence-corrected chi connectivity index (χ3v) is 6.77. The highest BCUT2D eigenvalue weighted by atomic mass is 35.5. The molecular weight excluding hydrogens is 412 g/mol. The Balaban J connectivity index is 1.99. The van der Waals surface area contributed by atoms with Gasteiger partial charge in [-0.05, 0) is 56.7 Å². The van der Waals surface area contributed by atoms with Gasteiger partial charge < -0.3 is 9.26 Å². The fourth-order valence-corrected chi connectivity index (χ4v) is 4.55. The highest BCUT2D eigenvalue weighted by Crippen LogP contribution is 2.27. The van der Waals surface area contributed by atoms with Crippen LogP contribution in [0.4, 0.5) is 0 Å². The minimum atomic E-state index is -3.81. The van der Waals surface area contributed by atoms with E-state index < -0.39 is 10.0 Å². The van der Waals surface area contributed by atoms with E-state index in [-0.39, 0.29) is 18.0 Å². The molecule has 0 aliphatic rings. The van der Waals surface area contributed by atoms with Crippen molar-refractivity contribution in [3.05, 3.63) is 76.1 Å². The molecule has 154 valence electrons. The summed E-state index contributed by atoms with van der Waals surface area (Å²) in [6.07, 6.45) is 0. The standard InChI is InChI=1S/C21H23ClN2O4S/c1-4-27-18-9-11-19(12-10-18)29(25,26)24(13-17-7-5-6-8-21(17)22)14-20-15(2)23-28-16(20)3/h5-12H,4,13-14H2,1-3H3. The van der Waals surface area contributed by atoms with Gasteiger partial charge in [0.05, 0.1) is 17.2 Å². The third-order valence-electron chi connectivity index (χ3n) is 4.59. The molecule has 1 aromatic heterocycles. The number of rotatable bonds is 8. The van der Waals surface area contributed by atoms with E-state index in [1.165, 1.54) is 4.31 Å². The monoisotopic (exact) mass is 434 g/mol. The summed E-state index contributed by atoms with van der Waals surface area (Å²) in [7, 11) is -3.81. The second-order valence-electron chi connectivity index (χ2n) is 6.57. The van der Waals surface area contributed by atoms with E-state index in [4.69, 9.17) is 20.9 Å². The van der Waals surface area contributed by atoms with Gasteiger partial charge in [0, 0.05) is 23.7 Å². The van der Waals surface area contributed by atoms with Gasteiger partial charge in [-0.25, -0.2) is 8.42 Å². The van der Waals surface area contributed by atoms with E-state index in [0.717, 1.165) is 11.1 Å². The van der Waals surface area contributed by atoms with Crippen molar-refractivity contribution < 1.29 is 17.7 Å². The number of benzene rings is 2. The first-order chi connectivity index (χ1) is 13.8. The fourth-order valence-electron chi connectivity index (χ4n) is 2.97. The minimum absolute atomic E-state index is 0.124. The van der Waals surface area contributed by atoms with Crippen molar-refractivity contribution >= 4 is 21.6 Å². The van der Waals surface area contributed by atoms with Crippen LogP contribution in [0.15, 0.2) is 57.9 Å². The van der Waals surface area contributed by atoms with E-state index in [2.05, 4.69) is 5.16 Å². The second kappa shape index (κ2) is 8.98. The molecule has 0 radical (unpaired) electrons. The van der Waals surface area contributed by atoms with Crippen molar-refractivity contribution in [1.29, 1.82) is 0 Å². The SMILES string of the molecule is CCOc1ccc(S(=O)(=O)N(Cc2ccccc2Cl)Cc2c(C)noc2C)cc1. The van der Waals surface area contributed by atoms with Crippen molar-refractivity contribution in [3.8, 4) is 5.75 Å². The average Bonchev–Trinajstić information content (AvgIpc) is 3.01. The van der Waals surface area contributed by atoms with E-state index >= 15 is 0 Å². The number of sulfonamides is 1. The Bertz CT molecular complexity index is 1060. The first kappa shape index (κ1) is 21.4. The summed E-state index contributed by atoms with van der Waals surface area (Å²) < 4.78 is 38.9. The molecule has 0 saturated carbocycles. The number of hydrogen-bond donors (Lipinski definition) is 0. The van der Waals surface area contributed by atoms with Crippen LogP contribution in [0.3, 0.4) is 0 Å². The smallest absolute Gasteiger partial charge is 0.243 e. The van der Waals surface area contributed by atoms with E-state index in [0.29, 0.717) is 28.8 Å². The number of nitrogens with zero attached hydrogens (tertiary/aromatic N) is 2. The van der Waals surface area contributed by atoms with Crippen LogP contribution in [0.1, 0.15) is 29.5 Å². The molecule has 3 aromatic rings. The lowest BCUT2D eigenvalue weighted by Gasteiger charge is -2.23. The van der Waals surface area contributed by atoms with Gasteiger partial charge in [-0.3, -0.25) is 0 Å². The fraction of sp³-hybridized carbons (Fsp3) is 0.286. The third kappa shape index (κ3) is 4.80. The minimum Gasteiger partial charge on any atom is -0.494 e. The van der Waals surface area contributed by atoms with E-state index in [9.17, 15) is 8.42 Å². The lowest BCUT2D eigenvalue weighted by Crippen LogP contribution is -2.30. The Morgan fingerprint density at radius 1 is 1.07 bits per heavy atom. The molecule has 3 rings (SSSR count). The molecule has 0 N–H and O–H groups in total. The molecule has 0 amide bonds. The highest BCUT2D eigenvalue weighted by molar-refractivity contribution is 7.89. The molecule has 6 nitrogen and oxygen atoms in total. The van der Waals surface area contributed by atoms with Crippen molar-refractivity contribution in [1.82, 2.24) is 9.46 Å². The molecule has 2 aromatic carbocycles. The van der Waals surface area contributed by atoms with Crippen LogP contribution >= 0.6 is 11.6 Å². The molecule has 0 aliphatic carbocycles. The summed E-state index contributed by atoms with van der Waals surface area (Å²) in [5, 5.41) is 4.45. The molecule has 29 heavy (non-hydrogen) atoms. The highest BCUT2D eigenvalue weighted by Gasteiger charge is 2.28. The topological polar surface area (TPSA) is 72.6 Å². The van der Waals surface area contributed by atoms with Crippen molar-refractivity contribution in [3.63, 3.8) is 0 Å². The average molecular weight is 435 g/mol. The van der Waals surface area contributed by atoms with Crippen LogP contribution in [-0.2, 0) is 23.1 Å². The maximum Gasteiger partial charge on any atom is 0.243 e. The van der Waals surface area contributed by atoms with Crippen LogP contribution < -0.4 is 4.74 Å². The summed E-state index contributed by atoms with van der Waals surface area (Å²) in [4.78, 5) is 0.180. The van der Waals surface area contributed by atoms with Crippen LogP contribution in [0.2, 0.25) is 5.02 Å². The lowest BCUT2D eigenvalue weighted by atomic mass is 10.2. The number of ether oxygens (including phenoxy) is 1. The second-order valence-corrected chi connectivity index (χ2v) is 8.92. The molecule has 0 unspecified atom stereocenters. The van der Waals surface area contributed by atoms with Gasteiger partial charge in [0.2, 0.25) is 10.0 Å². The zero-order valence-electron chi connectivity index (χ0n) is 16.6. The van der Waals surface area contributed by atoms with Gasteiger partial charge in [0.15, 0.2) is 0 Å². The largest absolute Gasteiger partial charge is 0.494 e. The summed E-state index contributed by atoms with van der Waals surface area (Å²) >= 11 is 6.30. The van der Waals surface area contributed by atoms with Crippen LogP contribution in [0.5, 0.6) is 5.75 Å². The van der Waals surface area contributed by atoms with Crippen LogP contribution in [-0.4, -0.2) is 24.5 Å². The Morgan fingerprint density at radius 3 is 2.34 bits per heavy atom. The summed E-state index contributed by atoms with van der Waals surface area (Å²) in [6.45, 7) is 6.20. The Morgan fingerprint density at radius 2 is 1.76 bits per heavy atom. The molecule has 1 heterocycles. The lowest BCUT2D eigenvalue weighted by molar-refractivity contribution is 0.340.